The van der Waals surface area contributed by atoms with E-state index in [4.69, 9.17) is 9.15 Å². The smallest absolute Gasteiger partial charge is 0.308 e. The van der Waals surface area contributed by atoms with Crippen molar-refractivity contribution in [1.29, 1.82) is 0 Å². The van der Waals surface area contributed by atoms with E-state index in [1.165, 1.54) is 35.2 Å². The number of para-hydroxylation sites is 1. The monoisotopic (exact) mass is 435 g/mol. The topological polar surface area (TPSA) is 143 Å². The minimum atomic E-state index is -0.545. The number of hydrogen-bond acceptors (Lipinski definition) is 9. The third-order valence-electron chi connectivity index (χ3n) is 4.76. The number of benzene rings is 2. The number of carbonyl (C=O) groups excluding carboxylic acids is 1. The van der Waals surface area contributed by atoms with Crippen molar-refractivity contribution in [1.82, 2.24) is 19.7 Å². The molecule has 0 unspecified atom stereocenters. The van der Waals surface area contributed by atoms with E-state index in [0.29, 0.717) is 16.5 Å². The third kappa shape index (κ3) is 4.36. The molecule has 0 atom stereocenters. The summed E-state index contributed by atoms with van der Waals surface area (Å²) in [6, 6.07) is 11.0. The number of esters is 1. The highest BCUT2D eigenvalue weighted by Gasteiger charge is 2.13. The van der Waals surface area contributed by atoms with E-state index in [1.807, 2.05) is 13.0 Å². The third-order valence-corrected chi connectivity index (χ3v) is 4.76. The molecule has 0 spiro atoms. The zero-order chi connectivity index (χ0) is 22.7. The van der Waals surface area contributed by atoms with E-state index in [9.17, 15) is 19.7 Å². The van der Waals surface area contributed by atoms with Crippen LogP contribution in [0.25, 0.3) is 22.4 Å². The first-order valence-electron chi connectivity index (χ1n) is 9.60. The van der Waals surface area contributed by atoms with Crippen LogP contribution >= 0.6 is 0 Å². The Hall–Kier alpha value is -4.41. The first-order valence-corrected chi connectivity index (χ1v) is 9.60. The summed E-state index contributed by atoms with van der Waals surface area (Å²) in [4.78, 5) is 39.2. The van der Waals surface area contributed by atoms with Gasteiger partial charge in [-0.05, 0) is 30.7 Å². The molecule has 0 bridgehead atoms. The fraction of sp³-hybridized carbons (Fsp3) is 0.190. The van der Waals surface area contributed by atoms with E-state index < -0.39 is 10.9 Å². The number of nitrogens with zero attached hydrogens (tertiary/aromatic N) is 5. The molecule has 0 N–H and O–H groups in total. The van der Waals surface area contributed by atoms with Crippen LogP contribution in [0.1, 0.15) is 17.9 Å². The zero-order valence-electron chi connectivity index (χ0n) is 16.9. The molecule has 0 aliphatic heterocycles. The Bertz CT molecular complexity index is 1360. The maximum Gasteiger partial charge on any atom is 0.308 e. The van der Waals surface area contributed by atoms with Crippen molar-refractivity contribution < 1.29 is 18.9 Å². The molecule has 0 saturated carbocycles. The van der Waals surface area contributed by atoms with Gasteiger partial charge in [0.25, 0.3) is 17.1 Å². The van der Waals surface area contributed by atoms with Crippen LogP contribution in [0.3, 0.4) is 0 Å². The summed E-state index contributed by atoms with van der Waals surface area (Å²) in [5, 5.41) is 18.9. The van der Waals surface area contributed by atoms with Gasteiger partial charge in [-0.1, -0.05) is 12.1 Å². The first kappa shape index (κ1) is 20.8. The van der Waals surface area contributed by atoms with Crippen LogP contribution in [-0.2, 0) is 22.7 Å². The molecule has 4 rings (SSSR count). The van der Waals surface area contributed by atoms with Crippen molar-refractivity contribution in [2.24, 2.45) is 0 Å². The molecule has 2 aromatic heterocycles. The van der Waals surface area contributed by atoms with E-state index in [0.717, 1.165) is 5.56 Å². The molecule has 162 valence electrons. The number of rotatable bonds is 7. The number of ether oxygens (including phenoxy) is 1. The van der Waals surface area contributed by atoms with Crippen LogP contribution in [0.5, 0.6) is 0 Å². The summed E-state index contributed by atoms with van der Waals surface area (Å²) in [7, 11) is 0. The average molecular weight is 435 g/mol. The molecule has 11 nitrogen and oxygen atoms in total. The summed E-state index contributed by atoms with van der Waals surface area (Å²) >= 11 is 0. The fourth-order valence-electron chi connectivity index (χ4n) is 3.08. The molecule has 0 saturated heterocycles. The molecule has 32 heavy (non-hydrogen) atoms. The lowest BCUT2D eigenvalue weighted by atomic mass is 10.1. The predicted octanol–water partition coefficient (Wildman–Crippen LogP) is 2.80. The Morgan fingerprint density at radius 3 is 2.72 bits per heavy atom. The van der Waals surface area contributed by atoms with Crippen molar-refractivity contribution in [2.75, 3.05) is 0 Å². The van der Waals surface area contributed by atoms with Gasteiger partial charge in [-0.15, -0.1) is 10.2 Å². The molecule has 0 radical (unpaired) electrons. The Balaban J connectivity index is 1.34. The van der Waals surface area contributed by atoms with Crippen LogP contribution in [0.2, 0.25) is 0 Å². The van der Waals surface area contributed by atoms with Gasteiger partial charge in [0.15, 0.2) is 6.61 Å². The lowest BCUT2D eigenvalue weighted by Crippen LogP contribution is -2.22. The second kappa shape index (κ2) is 8.76. The standard InChI is InChI=1S/C21H17N5O6/c1-13-3-2-4-16-19(13)22-12-25(21(16)28)10-9-18(27)31-11-17-23-24-20(32-17)14-5-7-15(8-6-14)26(29)30/h2-8,12H,9-11H2,1H3. The normalized spacial score (nSPS) is 10.9. The van der Waals surface area contributed by atoms with Gasteiger partial charge >= 0.3 is 5.97 Å². The number of non-ortho nitro benzene ring substituents is 1. The van der Waals surface area contributed by atoms with E-state index in [2.05, 4.69) is 15.2 Å². The summed E-state index contributed by atoms with van der Waals surface area (Å²) < 4.78 is 11.9. The summed E-state index contributed by atoms with van der Waals surface area (Å²) in [5.74, 6) is -0.321. The molecular formula is C21H17N5O6. The van der Waals surface area contributed by atoms with Crippen molar-refractivity contribution in [3.8, 4) is 11.5 Å². The Morgan fingerprint density at radius 1 is 1.19 bits per heavy atom. The predicted molar refractivity (Wildman–Crippen MR) is 112 cm³/mol. The number of nitro benzene ring substituents is 1. The molecular weight excluding hydrogens is 418 g/mol. The number of carbonyl (C=O) groups is 1. The number of aryl methyl sites for hydroxylation is 2. The van der Waals surface area contributed by atoms with Gasteiger partial charge in [-0.2, -0.15) is 0 Å². The van der Waals surface area contributed by atoms with Gasteiger partial charge in [0.1, 0.15) is 0 Å². The zero-order valence-corrected chi connectivity index (χ0v) is 16.9. The number of fused-ring (bicyclic) bond motifs is 1. The average Bonchev–Trinajstić information content (AvgIpc) is 3.27. The summed E-state index contributed by atoms with van der Waals surface area (Å²) in [6.07, 6.45) is 1.38. The van der Waals surface area contributed by atoms with Crippen LogP contribution in [0, 0.1) is 17.0 Å². The first-order chi connectivity index (χ1) is 15.4. The van der Waals surface area contributed by atoms with Crippen LogP contribution < -0.4 is 5.56 Å². The van der Waals surface area contributed by atoms with Gasteiger partial charge < -0.3 is 9.15 Å². The van der Waals surface area contributed by atoms with Crippen LogP contribution in [0.4, 0.5) is 5.69 Å². The number of hydrogen-bond donors (Lipinski definition) is 0. The maximum absolute atomic E-state index is 12.6. The van der Waals surface area contributed by atoms with Crippen LogP contribution in [-0.4, -0.2) is 30.6 Å². The lowest BCUT2D eigenvalue weighted by Gasteiger charge is -2.07. The summed E-state index contributed by atoms with van der Waals surface area (Å²) in [5.41, 5.74) is 1.75. The van der Waals surface area contributed by atoms with Crippen molar-refractivity contribution >= 4 is 22.6 Å². The summed E-state index contributed by atoms with van der Waals surface area (Å²) in [6.45, 7) is 1.76. The molecule has 0 fully saturated rings. The Morgan fingerprint density at radius 2 is 1.97 bits per heavy atom. The SMILES string of the molecule is Cc1cccc2c(=O)n(CCC(=O)OCc3nnc(-c4ccc([N+](=O)[O-])cc4)o3)cnc12. The highest BCUT2D eigenvalue weighted by atomic mass is 16.6. The molecule has 0 aliphatic rings. The lowest BCUT2D eigenvalue weighted by molar-refractivity contribution is -0.384. The van der Waals surface area contributed by atoms with Crippen molar-refractivity contribution in [3.63, 3.8) is 0 Å². The van der Waals surface area contributed by atoms with E-state index in [1.54, 1.807) is 12.1 Å². The minimum Gasteiger partial charge on any atom is -0.456 e. The Labute approximate surface area is 180 Å². The van der Waals surface area contributed by atoms with Gasteiger partial charge in [0, 0.05) is 24.2 Å². The van der Waals surface area contributed by atoms with Gasteiger partial charge in [-0.25, -0.2) is 4.98 Å². The molecule has 2 heterocycles. The van der Waals surface area contributed by atoms with E-state index >= 15 is 0 Å². The molecule has 4 aromatic rings. The van der Waals surface area contributed by atoms with E-state index in [-0.39, 0.29) is 42.6 Å². The highest BCUT2D eigenvalue weighted by Crippen LogP contribution is 2.21. The van der Waals surface area contributed by atoms with Gasteiger partial charge in [-0.3, -0.25) is 24.3 Å². The van der Waals surface area contributed by atoms with Gasteiger partial charge in [0.05, 0.1) is 28.6 Å². The quantitative estimate of drug-likeness (QED) is 0.243. The minimum absolute atomic E-state index is 0.0394. The molecule has 0 amide bonds. The van der Waals surface area contributed by atoms with Crippen molar-refractivity contribution in [2.45, 2.75) is 26.5 Å². The molecule has 2 aromatic carbocycles. The second-order valence-electron chi connectivity index (χ2n) is 6.93. The number of nitro groups is 1. The maximum atomic E-state index is 12.6. The van der Waals surface area contributed by atoms with Gasteiger partial charge in [0.2, 0.25) is 5.89 Å². The number of aromatic nitrogens is 4. The second-order valence-corrected chi connectivity index (χ2v) is 6.93. The largest absolute Gasteiger partial charge is 0.456 e. The fourth-order valence-corrected chi connectivity index (χ4v) is 3.08. The highest BCUT2D eigenvalue weighted by molar-refractivity contribution is 5.80. The van der Waals surface area contributed by atoms with Crippen LogP contribution in [0.15, 0.2) is 58.0 Å². The molecule has 11 heteroatoms. The van der Waals surface area contributed by atoms with Crippen molar-refractivity contribution in [3.05, 3.63) is 80.7 Å². The molecule has 0 aliphatic carbocycles. The Kier molecular flexibility index (Phi) is 5.71.